The molecule has 1 unspecified atom stereocenters. The third-order valence-electron chi connectivity index (χ3n) is 5.48. The average molecular weight is 482 g/mol. The van der Waals surface area contributed by atoms with Crippen LogP contribution in [0.4, 0.5) is 0 Å². The number of hydrogen-bond donors (Lipinski definition) is 0. The highest BCUT2D eigenvalue weighted by molar-refractivity contribution is 7.99. The van der Waals surface area contributed by atoms with Crippen LogP contribution < -0.4 is 0 Å². The van der Waals surface area contributed by atoms with Gasteiger partial charge in [0.2, 0.25) is 15.9 Å². The molecule has 11 heteroatoms. The van der Waals surface area contributed by atoms with E-state index in [1.54, 1.807) is 25.3 Å². The van der Waals surface area contributed by atoms with E-state index in [0.29, 0.717) is 36.2 Å². The zero-order valence-electron chi connectivity index (χ0n) is 19.0. The topological polar surface area (TPSA) is 97.6 Å². The SMILES string of the molecule is CCN(CC)S(=O)(=O)c1cccc(-c2nnc(SCC(=O)N3CCC3)n2C(C)COC)c1. The summed E-state index contributed by atoms with van der Waals surface area (Å²) in [6, 6.07) is 6.66. The highest BCUT2D eigenvalue weighted by atomic mass is 32.2. The smallest absolute Gasteiger partial charge is 0.243 e. The van der Waals surface area contributed by atoms with Crippen LogP contribution in [-0.4, -0.2) is 83.9 Å². The lowest BCUT2D eigenvalue weighted by Gasteiger charge is -2.30. The first-order chi connectivity index (χ1) is 15.3. The number of hydrogen-bond acceptors (Lipinski definition) is 7. The second-order valence-electron chi connectivity index (χ2n) is 7.62. The minimum Gasteiger partial charge on any atom is -0.383 e. The van der Waals surface area contributed by atoms with Gasteiger partial charge in [0.1, 0.15) is 0 Å². The van der Waals surface area contributed by atoms with E-state index in [4.69, 9.17) is 4.74 Å². The van der Waals surface area contributed by atoms with Crippen molar-refractivity contribution in [1.29, 1.82) is 0 Å². The summed E-state index contributed by atoms with van der Waals surface area (Å²) in [5.74, 6) is 0.919. The summed E-state index contributed by atoms with van der Waals surface area (Å²) in [4.78, 5) is 14.4. The van der Waals surface area contributed by atoms with Crippen LogP contribution in [0.25, 0.3) is 11.4 Å². The normalized spacial score (nSPS) is 15.1. The summed E-state index contributed by atoms with van der Waals surface area (Å²) in [5.41, 5.74) is 0.648. The van der Waals surface area contributed by atoms with Crippen molar-refractivity contribution in [2.75, 3.05) is 45.6 Å². The molecule has 32 heavy (non-hydrogen) atoms. The Labute approximate surface area is 194 Å². The molecule has 2 aromatic rings. The fraction of sp³-hybridized carbons (Fsp3) is 0.571. The Morgan fingerprint density at radius 2 is 1.97 bits per heavy atom. The number of rotatable bonds is 11. The molecule has 1 aliphatic rings. The van der Waals surface area contributed by atoms with Gasteiger partial charge < -0.3 is 9.64 Å². The van der Waals surface area contributed by atoms with Crippen LogP contribution in [0.5, 0.6) is 0 Å². The van der Waals surface area contributed by atoms with Gasteiger partial charge >= 0.3 is 0 Å². The third-order valence-corrected chi connectivity index (χ3v) is 8.46. The number of likely N-dealkylation sites (tertiary alicyclic amines) is 1. The summed E-state index contributed by atoms with van der Waals surface area (Å²) in [6.07, 6.45) is 1.05. The number of ether oxygens (including phenoxy) is 1. The number of sulfonamides is 1. The maximum Gasteiger partial charge on any atom is 0.243 e. The van der Waals surface area contributed by atoms with Crippen molar-refractivity contribution in [3.8, 4) is 11.4 Å². The fourth-order valence-corrected chi connectivity index (χ4v) is 6.02. The van der Waals surface area contributed by atoms with E-state index in [-0.39, 0.29) is 22.6 Å². The van der Waals surface area contributed by atoms with Crippen molar-refractivity contribution in [3.63, 3.8) is 0 Å². The van der Waals surface area contributed by atoms with Crippen molar-refractivity contribution in [1.82, 2.24) is 24.0 Å². The number of amides is 1. The molecule has 1 aromatic carbocycles. The second-order valence-corrected chi connectivity index (χ2v) is 10.5. The molecule has 9 nitrogen and oxygen atoms in total. The molecular weight excluding hydrogens is 450 g/mol. The van der Waals surface area contributed by atoms with Crippen LogP contribution in [0, 0.1) is 0 Å². The number of carbonyl (C=O) groups excluding carboxylic acids is 1. The lowest BCUT2D eigenvalue weighted by Crippen LogP contribution is -2.43. The van der Waals surface area contributed by atoms with Gasteiger partial charge in [-0.3, -0.25) is 9.36 Å². The quantitative estimate of drug-likeness (QED) is 0.455. The predicted octanol–water partition coefficient (Wildman–Crippen LogP) is 2.51. The van der Waals surface area contributed by atoms with Crippen LogP contribution in [0.1, 0.15) is 33.2 Å². The van der Waals surface area contributed by atoms with Crippen LogP contribution in [0.15, 0.2) is 34.3 Å². The van der Waals surface area contributed by atoms with Gasteiger partial charge in [-0.2, -0.15) is 4.31 Å². The molecule has 0 bridgehead atoms. The van der Waals surface area contributed by atoms with Crippen molar-refractivity contribution >= 4 is 27.7 Å². The average Bonchev–Trinajstić information content (AvgIpc) is 3.16. The molecule has 2 heterocycles. The number of carbonyl (C=O) groups is 1. The molecule has 1 fully saturated rings. The Morgan fingerprint density at radius 3 is 2.56 bits per heavy atom. The number of thioether (sulfide) groups is 1. The van der Waals surface area contributed by atoms with Crippen molar-refractivity contribution in [2.45, 2.75) is 43.3 Å². The molecule has 176 valence electrons. The first-order valence-electron chi connectivity index (χ1n) is 10.8. The molecule has 1 aliphatic heterocycles. The molecule has 0 N–H and O–H groups in total. The Bertz CT molecular complexity index is 1030. The Balaban J connectivity index is 1.94. The van der Waals surface area contributed by atoms with Gasteiger partial charge in [0.15, 0.2) is 11.0 Å². The molecule has 3 rings (SSSR count). The predicted molar refractivity (Wildman–Crippen MR) is 124 cm³/mol. The van der Waals surface area contributed by atoms with Gasteiger partial charge in [-0.1, -0.05) is 37.7 Å². The zero-order chi connectivity index (χ0) is 23.3. The summed E-state index contributed by atoms with van der Waals surface area (Å²) >= 11 is 1.34. The Hall–Kier alpha value is -1.95. The molecule has 0 radical (unpaired) electrons. The van der Waals surface area contributed by atoms with Crippen LogP contribution >= 0.6 is 11.8 Å². The summed E-state index contributed by atoms with van der Waals surface area (Å²) < 4.78 is 34.7. The van der Waals surface area contributed by atoms with Crippen LogP contribution in [0.2, 0.25) is 0 Å². The maximum atomic E-state index is 13.0. The van der Waals surface area contributed by atoms with Crippen molar-refractivity contribution in [3.05, 3.63) is 24.3 Å². The van der Waals surface area contributed by atoms with Gasteiger partial charge in [-0.25, -0.2) is 8.42 Å². The fourth-order valence-electron chi connectivity index (χ4n) is 3.58. The first-order valence-corrected chi connectivity index (χ1v) is 13.2. The Kier molecular flexibility index (Phi) is 8.32. The molecule has 0 spiro atoms. The van der Waals surface area contributed by atoms with Gasteiger partial charge in [-0.15, -0.1) is 10.2 Å². The van der Waals surface area contributed by atoms with E-state index in [2.05, 4.69) is 10.2 Å². The monoisotopic (exact) mass is 481 g/mol. The van der Waals surface area contributed by atoms with Gasteiger partial charge in [0.05, 0.1) is 23.3 Å². The lowest BCUT2D eigenvalue weighted by atomic mass is 10.2. The number of nitrogens with zero attached hydrogens (tertiary/aromatic N) is 5. The van der Waals surface area contributed by atoms with E-state index in [1.165, 1.54) is 16.1 Å². The van der Waals surface area contributed by atoms with E-state index in [1.807, 2.05) is 36.3 Å². The summed E-state index contributed by atoms with van der Waals surface area (Å²) in [7, 11) is -1.98. The van der Waals surface area contributed by atoms with Crippen molar-refractivity contribution < 1.29 is 17.9 Å². The maximum absolute atomic E-state index is 13.0. The number of aromatic nitrogens is 3. The highest BCUT2D eigenvalue weighted by Gasteiger charge is 2.26. The lowest BCUT2D eigenvalue weighted by molar-refractivity contribution is -0.131. The largest absolute Gasteiger partial charge is 0.383 e. The molecule has 1 saturated heterocycles. The van der Waals surface area contributed by atoms with Crippen molar-refractivity contribution in [2.24, 2.45) is 0 Å². The minimum atomic E-state index is -3.60. The first kappa shape index (κ1) is 24.7. The van der Waals surface area contributed by atoms with Gasteiger partial charge in [0, 0.05) is 38.9 Å². The highest BCUT2D eigenvalue weighted by Crippen LogP contribution is 2.30. The van der Waals surface area contributed by atoms with E-state index < -0.39 is 10.0 Å². The second kappa shape index (κ2) is 10.8. The summed E-state index contributed by atoms with van der Waals surface area (Å²) in [5, 5.41) is 9.29. The van der Waals surface area contributed by atoms with Gasteiger partial charge in [0.25, 0.3) is 0 Å². The molecule has 1 amide bonds. The van der Waals surface area contributed by atoms with Crippen LogP contribution in [-0.2, 0) is 19.6 Å². The number of methoxy groups -OCH3 is 1. The van der Waals surface area contributed by atoms with E-state index in [9.17, 15) is 13.2 Å². The third kappa shape index (κ3) is 5.16. The Morgan fingerprint density at radius 1 is 1.25 bits per heavy atom. The standard InChI is InChI=1S/C21H31N5O4S2/c1-5-25(6-2)32(28,29)18-10-7-9-17(13-18)20-22-23-21(26(20)16(3)14-30-4)31-15-19(27)24-11-8-12-24/h7,9-10,13,16H,5-6,8,11-12,14-15H2,1-4H3. The molecule has 0 aliphatic carbocycles. The summed E-state index contributed by atoms with van der Waals surface area (Å²) in [6.45, 7) is 8.46. The van der Waals surface area contributed by atoms with E-state index >= 15 is 0 Å². The van der Waals surface area contributed by atoms with Gasteiger partial charge in [-0.05, 0) is 25.5 Å². The van der Waals surface area contributed by atoms with Crippen LogP contribution in [0.3, 0.4) is 0 Å². The molecule has 1 aromatic heterocycles. The molecular formula is C21H31N5O4S2. The molecule has 0 saturated carbocycles. The number of benzene rings is 1. The molecule has 1 atom stereocenters. The zero-order valence-corrected chi connectivity index (χ0v) is 20.7. The minimum absolute atomic E-state index is 0.0871. The van der Waals surface area contributed by atoms with E-state index in [0.717, 1.165) is 19.5 Å².